The third kappa shape index (κ3) is 7.55. The van der Waals surface area contributed by atoms with Gasteiger partial charge < -0.3 is 10.8 Å². The Balaban J connectivity index is 0.000000822. The fourth-order valence-electron chi connectivity index (χ4n) is 6.01. The van der Waals surface area contributed by atoms with Crippen molar-refractivity contribution in [3.05, 3.63) is 182 Å². The molecule has 1 aliphatic rings. The zero-order chi connectivity index (χ0) is 33.2. The average Bonchev–Trinajstić information content (AvgIpc) is 3.12. The van der Waals surface area contributed by atoms with E-state index in [4.69, 9.17) is 4.74 Å². The van der Waals surface area contributed by atoms with Crippen LogP contribution in [0.3, 0.4) is 0 Å². The fourth-order valence-corrected chi connectivity index (χ4v) is 10.8. The molecule has 0 atom stereocenters. The number of ether oxygens (including phenoxy) is 1. The molecule has 0 amide bonds. The van der Waals surface area contributed by atoms with Crippen LogP contribution in [0.15, 0.2) is 164 Å². The Morgan fingerprint density at radius 2 is 0.787 bits per heavy atom. The minimum atomic E-state index is -0.824. The van der Waals surface area contributed by atoms with Crippen LogP contribution in [-0.4, -0.2) is 0 Å². The van der Waals surface area contributed by atoms with Crippen molar-refractivity contribution in [2.45, 2.75) is 26.2 Å². The second-order valence-corrected chi connectivity index (χ2v) is 15.8. The molecule has 1 heterocycles. The molecule has 0 spiro atoms. The van der Waals surface area contributed by atoms with E-state index in [0.29, 0.717) is 0 Å². The standard InChI is InChI=1S/C39H32OP2.C3H5.ClH.Pd/c1-39(2)33-25-15-27-35(41(29-17-7-3-8-18-29)30-19-9-4-10-20-30)37(33)40-38-34(39)26-16-28-36(38)42(31-21-11-5-12-22-31)32-23-13-6-14-24-32;1-3-2;;/h3-28H,1-2H3;1H2,2H3;1H;/q;-1;;+2/p-1. The summed E-state index contributed by atoms with van der Waals surface area (Å²) in [5.74, 6) is 2.02. The van der Waals surface area contributed by atoms with E-state index in [1.807, 2.05) is 0 Å². The predicted molar refractivity (Wildman–Crippen MR) is 203 cm³/mol. The van der Waals surface area contributed by atoms with Gasteiger partial charge in [-0.25, -0.2) is 0 Å². The Morgan fingerprint density at radius 3 is 1.06 bits per heavy atom. The molecule has 0 saturated carbocycles. The summed E-state index contributed by atoms with van der Waals surface area (Å²) in [6, 6.07) is 57.2. The van der Waals surface area contributed by atoms with Crippen LogP contribution in [0.25, 0.3) is 0 Å². The van der Waals surface area contributed by atoms with Gasteiger partial charge in [-0.15, -0.1) is 0 Å². The van der Waals surface area contributed by atoms with Gasteiger partial charge >= 0.3 is 27.7 Å². The Hall–Kier alpha value is -3.33. The van der Waals surface area contributed by atoms with E-state index in [1.54, 1.807) is 6.92 Å². The maximum absolute atomic E-state index is 7.26. The zero-order valence-electron chi connectivity index (χ0n) is 26.7. The summed E-state index contributed by atoms with van der Waals surface area (Å²) >= 11 is 2.22. The molecule has 1 nitrogen and oxygen atoms in total. The SMILES string of the molecule is C=[C-]C.CC1(C)c2cccc(P(c3ccccc3)c3ccccc3)c2Oc2c(P(c3ccccc3)c3ccccc3)cccc21.[Cl][Pd+]. The van der Waals surface area contributed by atoms with Gasteiger partial charge in [0, 0.05) is 27.2 Å². The van der Waals surface area contributed by atoms with Crippen LogP contribution in [-0.2, 0) is 23.6 Å². The van der Waals surface area contributed by atoms with Crippen LogP contribution in [0.5, 0.6) is 11.5 Å². The molecule has 0 saturated heterocycles. The minimum absolute atomic E-state index is 0.225. The monoisotopic (exact) mass is 760 g/mol. The molecule has 0 N–H and O–H groups in total. The number of hydrogen-bond acceptors (Lipinski definition) is 1. The van der Waals surface area contributed by atoms with E-state index < -0.39 is 15.8 Å². The normalized spacial score (nSPS) is 12.3. The molecule has 0 aromatic heterocycles. The van der Waals surface area contributed by atoms with Crippen molar-refractivity contribution in [2.75, 3.05) is 0 Å². The average molecular weight is 762 g/mol. The third-order valence-electron chi connectivity index (χ3n) is 8.08. The van der Waals surface area contributed by atoms with E-state index in [1.165, 1.54) is 43.0 Å². The van der Waals surface area contributed by atoms with Crippen molar-refractivity contribution in [1.29, 1.82) is 0 Å². The molecule has 0 radical (unpaired) electrons. The molecule has 0 aliphatic carbocycles. The van der Waals surface area contributed by atoms with Crippen molar-refractivity contribution >= 4 is 57.2 Å². The zero-order valence-corrected chi connectivity index (χ0v) is 30.8. The number of benzene rings is 6. The molecule has 6 aromatic carbocycles. The molecule has 7 rings (SSSR count). The van der Waals surface area contributed by atoms with Crippen molar-refractivity contribution in [3.8, 4) is 11.5 Å². The molecule has 0 unspecified atom stereocenters. The van der Waals surface area contributed by atoms with Crippen molar-refractivity contribution in [3.63, 3.8) is 0 Å². The quantitative estimate of drug-likeness (QED) is 0.0935. The number of hydrogen-bond donors (Lipinski definition) is 0. The van der Waals surface area contributed by atoms with E-state index in [2.05, 4.69) is 212 Å². The Morgan fingerprint density at radius 1 is 0.511 bits per heavy atom. The number of halogens is 1. The summed E-state index contributed by atoms with van der Waals surface area (Å²) in [4.78, 5) is 0. The maximum atomic E-state index is 7.26. The first-order valence-electron chi connectivity index (χ1n) is 15.4. The second kappa shape index (κ2) is 16.7. The summed E-state index contributed by atoms with van der Waals surface area (Å²) in [5.41, 5.74) is 2.26. The van der Waals surface area contributed by atoms with Crippen molar-refractivity contribution in [2.24, 2.45) is 0 Å². The second-order valence-electron chi connectivity index (χ2n) is 11.4. The first-order chi connectivity index (χ1) is 23.0. The molecule has 6 aromatic rings. The van der Waals surface area contributed by atoms with Crippen LogP contribution in [0.4, 0.5) is 0 Å². The van der Waals surface area contributed by atoms with Gasteiger partial charge in [0.2, 0.25) is 0 Å². The molecule has 47 heavy (non-hydrogen) atoms. The van der Waals surface area contributed by atoms with Gasteiger partial charge in [0.1, 0.15) is 11.5 Å². The summed E-state index contributed by atoms with van der Waals surface area (Å²) in [7, 11) is 2.84. The molecular weight excluding hydrogens is 724 g/mol. The van der Waals surface area contributed by atoms with Gasteiger partial charge in [-0.3, -0.25) is 6.58 Å². The van der Waals surface area contributed by atoms with Crippen LogP contribution in [0, 0.1) is 6.08 Å². The topological polar surface area (TPSA) is 9.23 Å². The molecule has 5 heteroatoms. The number of rotatable bonds is 6. The van der Waals surface area contributed by atoms with Gasteiger partial charge in [-0.05, 0) is 37.1 Å². The third-order valence-corrected chi connectivity index (χ3v) is 13.0. The summed E-state index contributed by atoms with van der Waals surface area (Å²) < 4.78 is 7.26. The van der Waals surface area contributed by atoms with Crippen LogP contribution in [0.2, 0.25) is 0 Å². The predicted octanol–water partition coefficient (Wildman–Crippen LogP) is 9.32. The van der Waals surface area contributed by atoms with E-state index in [9.17, 15) is 0 Å². The van der Waals surface area contributed by atoms with Crippen LogP contribution < -0.4 is 36.6 Å². The molecule has 0 fully saturated rings. The van der Waals surface area contributed by atoms with Gasteiger partial charge in [0.15, 0.2) is 0 Å². The Bertz CT molecular complexity index is 1670. The summed E-state index contributed by atoms with van der Waals surface area (Å²) in [6.07, 6.45) is 2.50. The van der Waals surface area contributed by atoms with Gasteiger partial charge in [-0.2, -0.15) is 6.92 Å². The fraction of sp³-hybridized carbons (Fsp3) is 0.0952. The molecular formula is C42H37ClOP2Pd. The first kappa shape index (κ1) is 35.0. The van der Waals surface area contributed by atoms with Crippen LogP contribution in [0.1, 0.15) is 31.9 Å². The van der Waals surface area contributed by atoms with Gasteiger partial charge in [-0.1, -0.05) is 172 Å². The van der Waals surface area contributed by atoms with Gasteiger partial charge in [0.25, 0.3) is 0 Å². The van der Waals surface area contributed by atoms with E-state index in [-0.39, 0.29) is 5.41 Å². The number of para-hydroxylation sites is 2. The number of fused-ring (bicyclic) bond motifs is 2. The number of allylic oxidation sites excluding steroid dienone is 1. The van der Waals surface area contributed by atoms with E-state index >= 15 is 0 Å². The van der Waals surface area contributed by atoms with Crippen molar-refractivity contribution in [1.82, 2.24) is 0 Å². The van der Waals surface area contributed by atoms with Crippen molar-refractivity contribution < 1.29 is 22.9 Å². The summed E-state index contributed by atoms with van der Waals surface area (Å²) in [5, 5.41) is 7.81. The van der Waals surface area contributed by atoms with Gasteiger partial charge in [0.05, 0.1) is 0 Å². The molecule has 0 bridgehead atoms. The Labute approximate surface area is 297 Å². The van der Waals surface area contributed by atoms with Crippen LogP contribution >= 0.6 is 25.4 Å². The molecule has 238 valence electrons. The van der Waals surface area contributed by atoms with E-state index in [0.717, 1.165) is 11.5 Å². The Kier molecular flexibility index (Phi) is 12.4. The molecule has 1 aliphatic heterocycles. The first-order valence-corrected chi connectivity index (χ1v) is 20.0. The summed E-state index contributed by atoms with van der Waals surface area (Å²) in [6.45, 7) is 9.70.